The average molecular weight is 1000 g/mol. The molecule has 0 aromatic heterocycles. The number of hydrogen-bond acceptors (Lipinski definition) is 0. The molecule has 300 valence electrons. The summed E-state index contributed by atoms with van der Waals surface area (Å²) in [5.41, 5.74) is 13.5. The van der Waals surface area contributed by atoms with E-state index in [9.17, 15) is 0 Å². The molecule has 0 spiro atoms. The Morgan fingerprint density at radius 1 is 0.491 bits per heavy atom. The van der Waals surface area contributed by atoms with Gasteiger partial charge in [-0.25, -0.2) is 0 Å². The molecule has 1 heterocycles. The monoisotopic (exact) mass is 1000 g/mol. The molecule has 4 aromatic rings. The Hall–Kier alpha value is -1.69. The van der Waals surface area contributed by atoms with Crippen molar-refractivity contribution in [2.24, 2.45) is 0 Å². The first-order chi connectivity index (χ1) is 26.4. The zero-order valence-corrected chi connectivity index (χ0v) is 46.9. The van der Waals surface area contributed by atoms with Crippen LogP contribution in [-0.4, -0.2) is 40.4 Å². The number of hydrogen-bond donors (Lipinski definition) is 0. The summed E-state index contributed by atoms with van der Waals surface area (Å²) in [5.74, 6) is 0. The quantitative estimate of drug-likeness (QED) is 0.162. The molecule has 3 aliphatic carbocycles. The number of allylic oxidation sites excluding steroid dienone is 2. The molecule has 4 aromatic carbocycles. The SMILES string of the molecule is C[Si](C)(C)c1cc(-c2cccc3c2C=C2[CH]3[Hf]([CH3])([CH3])[CH]3C(=Cc4c(-c5cc([Si](C)(C)C)cc([Si](C)(C)C)c5)cccc43)[Si]2(C)C2CCCCC2)cc([Si](C)(C)C)c1. The van der Waals surface area contributed by atoms with Gasteiger partial charge in [0, 0.05) is 0 Å². The van der Waals surface area contributed by atoms with E-state index in [0.29, 0.717) is 7.35 Å². The average Bonchev–Trinajstić information content (AvgIpc) is 3.74. The Labute approximate surface area is 357 Å². The molecule has 1 saturated carbocycles. The summed E-state index contributed by atoms with van der Waals surface area (Å²) in [6.07, 6.45) is 12.9. The fourth-order valence-electron chi connectivity index (χ4n) is 11.6. The van der Waals surface area contributed by atoms with Crippen molar-refractivity contribution in [2.75, 3.05) is 0 Å². The van der Waals surface area contributed by atoms with E-state index >= 15 is 0 Å². The van der Waals surface area contributed by atoms with Crippen LogP contribution in [-0.2, 0) is 20.0 Å². The third-order valence-corrected chi connectivity index (χ3v) is 46.0. The van der Waals surface area contributed by atoms with Crippen molar-refractivity contribution in [3.8, 4) is 22.3 Å². The van der Waals surface area contributed by atoms with Gasteiger partial charge < -0.3 is 0 Å². The molecule has 0 radical (unpaired) electrons. The first-order valence-corrected chi connectivity index (χ1v) is 50.4. The predicted octanol–water partition coefficient (Wildman–Crippen LogP) is 13.5. The van der Waals surface area contributed by atoms with Crippen LogP contribution in [0.4, 0.5) is 0 Å². The molecule has 1 saturated heterocycles. The van der Waals surface area contributed by atoms with Gasteiger partial charge in [-0.2, -0.15) is 0 Å². The van der Waals surface area contributed by atoms with E-state index in [2.05, 4.69) is 179 Å². The second kappa shape index (κ2) is 14.2. The third-order valence-electron chi connectivity index (χ3n) is 15.2. The van der Waals surface area contributed by atoms with Crippen LogP contribution in [0.2, 0.25) is 100 Å². The molecule has 8 rings (SSSR count). The standard InChI is InChI=1S/C49H66Si5.2CH3.Hf/c1-50(2,3)40-27-37(28-41(31-40)51(4,5)6)46-23-17-19-35-25-44(33-48(35)46)54(13,39-21-15-14-16-22-39)45-26-36-20-18-24-47(49(36)34-45)38-29-42(52(7,8)9)32-43(30-38)53(10,11)12;;;/h17-20,23-34,39H,14-16,21-22H2,1-13H3;2*1H3;. The van der Waals surface area contributed by atoms with Gasteiger partial charge in [0.25, 0.3) is 0 Å². The Kier molecular flexibility index (Phi) is 10.5. The molecule has 57 heavy (non-hydrogen) atoms. The van der Waals surface area contributed by atoms with E-state index in [1.165, 1.54) is 54.4 Å². The molecule has 0 bridgehead atoms. The summed E-state index contributed by atoms with van der Waals surface area (Å²) in [6, 6.07) is 30.8. The Bertz CT molecular complexity index is 2110. The number of benzene rings is 4. The van der Waals surface area contributed by atoms with Crippen molar-refractivity contribution in [3.63, 3.8) is 0 Å². The molecule has 0 amide bonds. The first-order valence-electron chi connectivity index (χ1n) is 22.4. The Balaban J connectivity index is 1.36. The maximum absolute atomic E-state index is 3.22. The van der Waals surface area contributed by atoms with Gasteiger partial charge in [0.15, 0.2) is 0 Å². The van der Waals surface area contributed by atoms with E-state index in [1.807, 2.05) is 10.4 Å². The van der Waals surface area contributed by atoms with Crippen molar-refractivity contribution < 1.29 is 20.0 Å². The molecule has 4 aliphatic rings. The van der Waals surface area contributed by atoms with Gasteiger partial charge in [-0.3, -0.25) is 0 Å². The molecule has 1 aliphatic heterocycles. The van der Waals surface area contributed by atoms with E-state index < -0.39 is 60.3 Å². The normalized spacial score (nSPS) is 23.4. The summed E-state index contributed by atoms with van der Waals surface area (Å²) < 4.78 is 7.11. The van der Waals surface area contributed by atoms with Gasteiger partial charge in [0.1, 0.15) is 0 Å². The van der Waals surface area contributed by atoms with Gasteiger partial charge in [-0.05, 0) is 0 Å². The third kappa shape index (κ3) is 7.14. The summed E-state index contributed by atoms with van der Waals surface area (Å²) in [6.45, 7) is 33.3. The number of rotatable bonds is 7. The first kappa shape index (κ1) is 42.0. The number of fused-ring (bicyclic) bond motifs is 6. The van der Waals surface area contributed by atoms with Gasteiger partial charge in [-0.1, -0.05) is 0 Å². The van der Waals surface area contributed by atoms with Gasteiger partial charge in [0.2, 0.25) is 0 Å². The zero-order valence-electron chi connectivity index (χ0n) is 38.4. The van der Waals surface area contributed by atoms with Crippen LogP contribution in [0.25, 0.3) is 34.4 Å². The van der Waals surface area contributed by atoms with Crippen molar-refractivity contribution >= 4 is 73.3 Å². The molecule has 2 fully saturated rings. The topological polar surface area (TPSA) is 0 Å². The van der Waals surface area contributed by atoms with Crippen molar-refractivity contribution in [2.45, 2.75) is 139 Å². The maximum atomic E-state index is 2.89. The minimum atomic E-state index is -3.22. The van der Waals surface area contributed by atoms with Crippen LogP contribution < -0.4 is 20.7 Å². The van der Waals surface area contributed by atoms with Gasteiger partial charge in [0.05, 0.1) is 0 Å². The van der Waals surface area contributed by atoms with E-state index in [1.54, 1.807) is 43.0 Å². The Morgan fingerprint density at radius 2 is 0.842 bits per heavy atom. The summed E-state index contributed by atoms with van der Waals surface area (Å²) in [5, 5.41) is 10.4. The molecule has 0 N–H and O–H groups in total. The molecule has 0 nitrogen and oxygen atoms in total. The van der Waals surface area contributed by atoms with Gasteiger partial charge in [-0.15, -0.1) is 0 Å². The van der Waals surface area contributed by atoms with Gasteiger partial charge >= 0.3 is 360 Å². The van der Waals surface area contributed by atoms with E-state index in [-0.39, 0.29) is 0 Å². The second-order valence-electron chi connectivity index (χ2n) is 23.6. The molecular weight excluding hydrogens is 931 g/mol. The summed E-state index contributed by atoms with van der Waals surface area (Å²) in [4.78, 5) is 0. The summed E-state index contributed by atoms with van der Waals surface area (Å²) >= 11 is -3.22. The van der Waals surface area contributed by atoms with Crippen molar-refractivity contribution in [1.29, 1.82) is 0 Å². The molecule has 2 atom stereocenters. The molecular formula is C51H72HfSi5. The zero-order chi connectivity index (χ0) is 41.2. The minimum absolute atomic E-state index is 0.674. The molecule has 6 heteroatoms. The fraction of sp³-hybridized carbons (Fsp3) is 0.451. The molecule has 2 unspecified atom stereocenters. The second-order valence-corrected chi connectivity index (χ2v) is 65.6. The van der Waals surface area contributed by atoms with Crippen LogP contribution >= 0.6 is 0 Å². The Morgan fingerprint density at radius 3 is 1.18 bits per heavy atom. The fourth-order valence-corrected chi connectivity index (χ4v) is 49.5. The van der Waals surface area contributed by atoms with Crippen LogP contribution in [0.5, 0.6) is 0 Å². The van der Waals surface area contributed by atoms with E-state index in [4.69, 9.17) is 0 Å². The summed E-state index contributed by atoms with van der Waals surface area (Å²) in [7, 11) is -8.15. The van der Waals surface area contributed by atoms with Crippen LogP contribution in [0.15, 0.2) is 83.2 Å². The van der Waals surface area contributed by atoms with Crippen molar-refractivity contribution in [3.05, 3.63) is 105 Å². The van der Waals surface area contributed by atoms with Crippen molar-refractivity contribution in [1.82, 2.24) is 0 Å². The predicted molar refractivity (Wildman–Crippen MR) is 267 cm³/mol. The van der Waals surface area contributed by atoms with Crippen LogP contribution in [0, 0.1) is 0 Å². The van der Waals surface area contributed by atoms with Crippen LogP contribution in [0.3, 0.4) is 0 Å². The van der Waals surface area contributed by atoms with Crippen LogP contribution in [0.1, 0.15) is 61.7 Å². The van der Waals surface area contributed by atoms with E-state index in [0.717, 1.165) is 5.54 Å².